The van der Waals surface area contributed by atoms with Gasteiger partial charge in [0.25, 0.3) is 5.56 Å². The fourth-order valence-corrected chi connectivity index (χ4v) is 2.31. The van der Waals surface area contributed by atoms with Crippen molar-refractivity contribution in [2.24, 2.45) is 7.05 Å². The van der Waals surface area contributed by atoms with Crippen molar-refractivity contribution >= 4 is 5.97 Å². The van der Waals surface area contributed by atoms with Gasteiger partial charge in [-0.25, -0.2) is 4.79 Å². The zero-order valence-electron chi connectivity index (χ0n) is 13.6. The van der Waals surface area contributed by atoms with Crippen molar-refractivity contribution in [1.82, 2.24) is 19.6 Å². The number of rotatable bonds is 3. The third kappa shape index (κ3) is 2.83. The molecule has 0 aliphatic rings. The Morgan fingerprint density at radius 2 is 1.92 bits per heavy atom. The smallest absolute Gasteiger partial charge is 0.343 e. The third-order valence-electron chi connectivity index (χ3n) is 3.60. The average Bonchev–Trinajstić information content (AvgIpc) is 3.01. The highest BCUT2D eigenvalue weighted by Crippen LogP contribution is 2.18. The van der Waals surface area contributed by atoms with E-state index in [0.29, 0.717) is 11.4 Å². The minimum atomic E-state index is -0.701. The first-order valence-corrected chi connectivity index (χ1v) is 7.28. The quantitative estimate of drug-likeness (QED) is 0.686. The van der Waals surface area contributed by atoms with Gasteiger partial charge in [0.2, 0.25) is 0 Å². The van der Waals surface area contributed by atoms with Crippen LogP contribution in [-0.2, 0) is 11.8 Å². The van der Waals surface area contributed by atoms with E-state index in [0.717, 1.165) is 15.8 Å². The van der Waals surface area contributed by atoms with E-state index in [1.54, 1.807) is 17.9 Å². The molecule has 3 aromatic rings. The maximum absolute atomic E-state index is 12.6. The van der Waals surface area contributed by atoms with Crippen LogP contribution in [0.4, 0.5) is 0 Å². The lowest BCUT2D eigenvalue weighted by Gasteiger charge is -2.08. The summed E-state index contributed by atoms with van der Waals surface area (Å²) >= 11 is 0. The van der Waals surface area contributed by atoms with Crippen LogP contribution in [0.1, 0.15) is 15.9 Å². The molecule has 24 heavy (non-hydrogen) atoms. The maximum atomic E-state index is 12.6. The fourth-order valence-electron chi connectivity index (χ4n) is 2.31. The molecule has 3 rings (SSSR count). The second kappa shape index (κ2) is 6.11. The topological polar surface area (TPSA) is 79.0 Å². The summed E-state index contributed by atoms with van der Waals surface area (Å²) in [6, 6.07) is 9.10. The number of carbonyl (C=O) groups is 1. The second-order valence-electron chi connectivity index (χ2n) is 5.39. The fraction of sp³-hybridized carbons (Fsp3) is 0.176. The van der Waals surface area contributed by atoms with Gasteiger partial charge in [0.15, 0.2) is 0 Å². The van der Waals surface area contributed by atoms with Crippen LogP contribution in [0, 0.1) is 6.92 Å². The predicted octanol–water partition coefficient (Wildman–Crippen LogP) is 1.73. The van der Waals surface area contributed by atoms with Gasteiger partial charge in [-0.3, -0.25) is 9.48 Å². The molecule has 0 aliphatic heterocycles. The summed E-state index contributed by atoms with van der Waals surface area (Å²) in [5.74, 6) is -0.701. The molecule has 0 N–H and O–H groups in total. The van der Waals surface area contributed by atoms with Crippen molar-refractivity contribution in [3.8, 4) is 16.9 Å². The lowest BCUT2D eigenvalue weighted by atomic mass is 10.1. The van der Waals surface area contributed by atoms with Gasteiger partial charge >= 0.3 is 5.97 Å². The number of ether oxygens (including phenoxy) is 1. The van der Waals surface area contributed by atoms with Crippen LogP contribution in [-0.4, -0.2) is 32.6 Å². The van der Waals surface area contributed by atoms with Crippen molar-refractivity contribution in [3.05, 3.63) is 64.2 Å². The van der Waals surface area contributed by atoms with Crippen molar-refractivity contribution < 1.29 is 9.53 Å². The molecule has 1 aromatic carbocycles. The minimum absolute atomic E-state index is 0.0769. The lowest BCUT2D eigenvalue weighted by Crippen LogP contribution is -2.28. The zero-order chi connectivity index (χ0) is 17.3. The van der Waals surface area contributed by atoms with Crippen LogP contribution in [0.25, 0.3) is 16.9 Å². The highest BCUT2D eigenvalue weighted by atomic mass is 16.5. The molecule has 7 heteroatoms. The molecule has 0 radical (unpaired) electrons. The lowest BCUT2D eigenvalue weighted by molar-refractivity contribution is 0.0598. The number of esters is 1. The van der Waals surface area contributed by atoms with Crippen molar-refractivity contribution in [1.29, 1.82) is 0 Å². The predicted molar refractivity (Wildman–Crippen MR) is 88.1 cm³/mol. The molecule has 122 valence electrons. The molecular weight excluding hydrogens is 308 g/mol. The second-order valence-corrected chi connectivity index (χ2v) is 5.39. The highest BCUT2D eigenvalue weighted by molar-refractivity contribution is 5.90. The molecule has 0 atom stereocenters. The van der Waals surface area contributed by atoms with E-state index in [1.165, 1.54) is 19.4 Å². The summed E-state index contributed by atoms with van der Waals surface area (Å²) in [7, 11) is 2.97. The number of aromatic nitrogens is 4. The van der Waals surface area contributed by atoms with Gasteiger partial charge in [-0.05, 0) is 13.0 Å². The minimum Gasteiger partial charge on any atom is -0.465 e. The number of hydrogen-bond acceptors (Lipinski definition) is 5. The normalized spacial score (nSPS) is 10.6. The van der Waals surface area contributed by atoms with Crippen molar-refractivity contribution in [3.63, 3.8) is 0 Å². The Kier molecular flexibility index (Phi) is 3.99. The van der Waals surface area contributed by atoms with E-state index in [2.05, 4.69) is 10.2 Å². The number of carbonyl (C=O) groups excluding carboxylic acids is 1. The van der Waals surface area contributed by atoms with Crippen LogP contribution >= 0.6 is 0 Å². The monoisotopic (exact) mass is 324 g/mol. The van der Waals surface area contributed by atoms with Crippen LogP contribution < -0.4 is 5.56 Å². The molecule has 0 spiro atoms. The summed E-state index contributed by atoms with van der Waals surface area (Å²) in [6.07, 6.45) is 3.16. The van der Waals surface area contributed by atoms with Crippen molar-refractivity contribution in [2.45, 2.75) is 6.92 Å². The van der Waals surface area contributed by atoms with Gasteiger partial charge in [0.05, 0.1) is 25.2 Å². The standard InChI is InChI=1S/C17H16N4O3/c1-11-4-6-12(7-5-11)15-8-14(17(23)24-3)16(22)21(19-15)13-9-18-20(2)10-13/h4-10H,1-3H3. The maximum Gasteiger partial charge on any atom is 0.343 e. The van der Waals surface area contributed by atoms with Gasteiger partial charge < -0.3 is 4.74 Å². The summed E-state index contributed by atoms with van der Waals surface area (Å²) in [5.41, 5.74) is 2.24. The largest absolute Gasteiger partial charge is 0.465 e. The van der Waals surface area contributed by atoms with Gasteiger partial charge in [-0.2, -0.15) is 14.9 Å². The molecule has 7 nitrogen and oxygen atoms in total. The zero-order valence-corrected chi connectivity index (χ0v) is 13.6. The van der Waals surface area contributed by atoms with E-state index in [-0.39, 0.29) is 5.56 Å². The first kappa shape index (κ1) is 15.7. The molecular formula is C17H16N4O3. The number of hydrogen-bond donors (Lipinski definition) is 0. The summed E-state index contributed by atoms with van der Waals surface area (Å²) < 4.78 is 7.44. The van der Waals surface area contributed by atoms with Gasteiger partial charge in [0.1, 0.15) is 11.3 Å². The van der Waals surface area contributed by atoms with Gasteiger partial charge in [-0.1, -0.05) is 29.8 Å². The first-order chi connectivity index (χ1) is 11.5. The van der Waals surface area contributed by atoms with Crippen LogP contribution in [0.5, 0.6) is 0 Å². The van der Waals surface area contributed by atoms with E-state index in [4.69, 9.17) is 4.74 Å². The SMILES string of the molecule is COC(=O)c1cc(-c2ccc(C)cc2)nn(-c2cnn(C)c2)c1=O. The molecule has 0 bridgehead atoms. The molecule has 0 fully saturated rings. The molecule has 0 saturated carbocycles. The third-order valence-corrected chi connectivity index (χ3v) is 3.60. The van der Waals surface area contributed by atoms with E-state index in [1.807, 2.05) is 31.2 Å². The van der Waals surface area contributed by atoms with Gasteiger partial charge in [0, 0.05) is 12.6 Å². The molecule has 0 amide bonds. The highest BCUT2D eigenvalue weighted by Gasteiger charge is 2.18. The van der Waals surface area contributed by atoms with E-state index >= 15 is 0 Å². The van der Waals surface area contributed by atoms with E-state index < -0.39 is 11.5 Å². The Balaban J connectivity index is 2.25. The van der Waals surface area contributed by atoms with Crippen LogP contribution in [0.3, 0.4) is 0 Å². The number of benzene rings is 1. The summed E-state index contributed by atoms with van der Waals surface area (Å²) in [6.45, 7) is 1.98. The van der Waals surface area contributed by atoms with Crippen LogP contribution in [0.2, 0.25) is 0 Å². The first-order valence-electron chi connectivity index (χ1n) is 7.28. The molecule has 0 aliphatic carbocycles. The van der Waals surface area contributed by atoms with Crippen molar-refractivity contribution in [2.75, 3.05) is 7.11 Å². The Hall–Kier alpha value is -3.22. The summed E-state index contributed by atoms with van der Waals surface area (Å²) in [5, 5.41) is 8.42. The average molecular weight is 324 g/mol. The molecule has 0 saturated heterocycles. The Morgan fingerprint density at radius 3 is 2.50 bits per heavy atom. The summed E-state index contributed by atoms with van der Waals surface area (Å²) in [4.78, 5) is 24.6. The Bertz CT molecular complexity index is 955. The van der Waals surface area contributed by atoms with Crippen LogP contribution in [0.15, 0.2) is 47.5 Å². The molecule has 2 aromatic heterocycles. The number of methoxy groups -OCH3 is 1. The van der Waals surface area contributed by atoms with E-state index in [9.17, 15) is 9.59 Å². The molecule has 0 unspecified atom stereocenters. The Morgan fingerprint density at radius 1 is 1.21 bits per heavy atom. The van der Waals surface area contributed by atoms with Gasteiger partial charge in [-0.15, -0.1) is 0 Å². The number of nitrogens with zero attached hydrogens (tertiary/aromatic N) is 4. The Labute approximate surface area is 138 Å². The molecule has 2 heterocycles. The number of aryl methyl sites for hydroxylation is 2.